The number of halogens is 2. The second-order valence-corrected chi connectivity index (χ2v) is 4.77. The topological polar surface area (TPSA) is 72.5 Å². The van der Waals surface area contributed by atoms with E-state index in [1.54, 1.807) is 36.3 Å². The Morgan fingerprint density at radius 2 is 2.15 bits per heavy atom. The molecule has 0 aliphatic carbocycles. The summed E-state index contributed by atoms with van der Waals surface area (Å²) >= 11 is 6.10. The molecule has 0 atom stereocenters. The average Bonchev–Trinajstić information content (AvgIpc) is 2.97. The Bertz CT molecular complexity index is 757. The Kier molecular flexibility index (Phi) is 2.94. The Labute approximate surface area is 119 Å². The quantitative estimate of drug-likeness (QED) is 0.762. The van der Waals surface area contributed by atoms with Gasteiger partial charge in [-0.2, -0.15) is 10.2 Å². The molecule has 0 aliphatic rings. The van der Waals surface area contributed by atoms with Crippen molar-refractivity contribution in [2.75, 3.05) is 5.73 Å². The summed E-state index contributed by atoms with van der Waals surface area (Å²) in [6, 6.07) is 4.49. The Hall–Kier alpha value is -2.34. The van der Waals surface area contributed by atoms with Gasteiger partial charge in [0.2, 0.25) is 0 Å². The zero-order chi connectivity index (χ0) is 14.3. The molecule has 0 fully saturated rings. The molecule has 0 radical (unpaired) electrons. The van der Waals surface area contributed by atoms with Gasteiger partial charge in [0.25, 0.3) is 0 Å². The van der Waals surface area contributed by atoms with E-state index in [1.165, 1.54) is 6.07 Å². The van der Waals surface area contributed by atoms with Crippen molar-refractivity contribution in [1.29, 1.82) is 0 Å². The minimum Gasteiger partial charge on any atom is -0.382 e. The van der Waals surface area contributed by atoms with Crippen molar-refractivity contribution in [1.82, 2.24) is 20.0 Å². The number of nitrogen functional groups attached to an aromatic ring is 1. The molecule has 2 heterocycles. The van der Waals surface area contributed by atoms with Gasteiger partial charge in [-0.25, -0.2) is 4.39 Å². The SMILES string of the molecule is Cn1cc(-c2[nH]nc(N)c2-c2c(F)cccc2Cl)cn1. The fraction of sp³-hybridized carbons (Fsp3) is 0.0769. The number of hydrogen-bond donors (Lipinski definition) is 2. The van der Waals surface area contributed by atoms with Crippen molar-refractivity contribution < 1.29 is 4.39 Å². The number of anilines is 1. The molecule has 1 aromatic carbocycles. The Morgan fingerprint density at radius 3 is 2.80 bits per heavy atom. The molecular weight excluding hydrogens is 281 g/mol. The highest BCUT2D eigenvalue weighted by molar-refractivity contribution is 6.33. The Morgan fingerprint density at radius 1 is 1.35 bits per heavy atom. The van der Waals surface area contributed by atoms with E-state index < -0.39 is 5.82 Å². The van der Waals surface area contributed by atoms with Crippen LogP contribution in [-0.4, -0.2) is 20.0 Å². The predicted octanol–water partition coefficient (Wildman–Crippen LogP) is 2.85. The third-order valence-corrected chi connectivity index (χ3v) is 3.32. The number of aromatic amines is 1. The molecule has 0 saturated carbocycles. The third-order valence-electron chi connectivity index (χ3n) is 3.00. The number of H-pyrrole nitrogens is 1. The van der Waals surface area contributed by atoms with Gasteiger partial charge < -0.3 is 5.73 Å². The summed E-state index contributed by atoms with van der Waals surface area (Å²) in [7, 11) is 1.79. The lowest BCUT2D eigenvalue weighted by atomic mass is 10.0. The van der Waals surface area contributed by atoms with Crippen molar-refractivity contribution in [2.45, 2.75) is 0 Å². The fourth-order valence-corrected chi connectivity index (χ4v) is 2.36. The van der Waals surface area contributed by atoms with Crippen molar-refractivity contribution in [3.8, 4) is 22.4 Å². The first-order valence-electron chi connectivity index (χ1n) is 5.85. The monoisotopic (exact) mass is 291 g/mol. The van der Waals surface area contributed by atoms with E-state index >= 15 is 0 Å². The summed E-state index contributed by atoms with van der Waals surface area (Å²) < 4.78 is 15.7. The summed E-state index contributed by atoms with van der Waals surface area (Å²) in [6.07, 6.45) is 3.43. The largest absolute Gasteiger partial charge is 0.382 e. The van der Waals surface area contributed by atoms with Gasteiger partial charge in [0.05, 0.1) is 22.5 Å². The van der Waals surface area contributed by atoms with Gasteiger partial charge in [0, 0.05) is 24.4 Å². The maximum absolute atomic E-state index is 14.1. The van der Waals surface area contributed by atoms with Gasteiger partial charge in [-0.15, -0.1) is 0 Å². The maximum atomic E-state index is 14.1. The van der Waals surface area contributed by atoms with Crippen LogP contribution in [0.2, 0.25) is 5.02 Å². The summed E-state index contributed by atoms with van der Waals surface area (Å²) in [4.78, 5) is 0. The van der Waals surface area contributed by atoms with Crippen LogP contribution in [0, 0.1) is 5.82 Å². The molecule has 3 N–H and O–H groups in total. The van der Waals surface area contributed by atoms with Crippen LogP contribution in [-0.2, 0) is 7.05 Å². The molecule has 0 spiro atoms. The smallest absolute Gasteiger partial charge is 0.153 e. The summed E-state index contributed by atoms with van der Waals surface area (Å²) in [6.45, 7) is 0. The van der Waals surface area contributed by atoms with Crippen LogP contribution in [0.15, 0.2) is 30.6 Å². The van der Waals surface area contributed by atoms with Crippen LogP contribution < -0.4 is 5.73 Å². The van der Waals surface area contributed by atoms with E-state index in [4.69, 9.17) is 17.3 Å². The van der Waals surface area contributed by atoms with E-state index in [0.29, 0.717) is 11.3 Å². The van der Waals surface area contributed by atoms with Crippen LogP contribution in [0.1, 0.15) is 0 Å². The first-order valence-corrected chi connectivity index (χ1v) is 6.23. The molecule has 0 amide bonds. The number of hydrogen-bond acceptors (Lipinski definition) is 3. The van der Waals surface area contributed by atoms with Crippen LogP contribution in [0.3, 0.4) is 0 Å². The van der Waals surface area contributed by atoms with Crippen LogP contribution in [0.4, 0.5) is 10.2 Å². The number of rotatable bonds is 2. The lowest BCUT2D eigenvalue weighted by Gasteiger charge is -2.06. The molecule has 0 unspecified atom stereocenters. The zero-order valence-corrected chi connectivity index (χ0v) is 11.3. The highest BCUT2D eigenvalue weighted by atomic mass is 35.5. The van der Waals surface area contributed by atoms with Crippen molar-refractivity contribution in [3.05, 3.63) is 41.4 Å². The van der Waals surface area contributed by atoms with Crippen LogP contribution >= 0.6 is 11.6 Å². The summed E-state index contributed by atoms with van der Waals surface area (Å²) in [5, 5.41) is 11.1. The standard InChI is InChI=1S/C13H11ClFN5/c1-20-6-7(5-17-20)12-11(13(16)19-18-12)10-8(14)3-2-4-9(10)15/h2-6H,1H3,(H3,16,18,19). The normalized spacial score (nSPS) is 10.9. The summed E-state index contributed by atoms with van der Waals surface area (Å²) in [5.74, 6) is -0.258. The third kappa shape index (κ3) is 1.94. The van der Waals surface area contributed by atoms with E-state index in [-0.39, 0.29) is 16.4 Å². The number of aromatic nitrogens is 4. The number of aryl methyl sites for hydroxylation is 1. The second kappa shape index (κ2) is 4.64. The van der Waals surface area contributed by atoms with Crippen molar-refractivity contribution in [2.24, 2.45) is 7.05 Å². The van der Waals surface area contributed by atoms with Gasteiger partial charge >= 0.3 is 0 Å². The van der Waals surface area contributed by atoms with Gasteiger partial charge in [0.15, 0.2) is 5.82 Å². The zero-order valence-electron chi connectivity index (χ0n) is 10.6. The first-order chi connectivity index (χ1) is 9.58. The van der Waals surface area contributed by atoms with E-state index in [1.807, 2.05) is 0 Å². The molecule has 5 nitrogen and oxygen atoms in total. The number of benzene rings is 1. The van der Waals surface area contributed by atoms with Gasteiger partial charge in [-0.1, -0.05) is 17.7 Å². The first kappa shape index (κ1) is 12.7. The predicted molar refractivity (Wildman–Crippen MR) is 75.6 cm³/mol. The number of nitrogens with two attached hydrogens (primary N) is 1. The Balaban J connectivity index is 2.27. The lowest BCUT2D eigenvalue weighted by Crippen LogP contribution is -1.92. The van der Waals surface area contributed by atoms with E-state index in [2.05, 4.69) is 15.3 Å². The molecule has 7 heteroatoms. The van der Waals surface area contributed by atoms with Crippen molar-refractivity contribution in [3.63, 3.8) is 0 Å². The van der Waals surface area contributed by atoms with Gasteiger partial charge in [-0.05, 0) is 12.1 Å². The molecule has 3 rings (SSSR count). The van der Waals surface area contributed by atoms with Gasteiger partial charge in [0.1, 0.15) is 5.82 Å². The minimum absolute atomic E-state index is 0.191. The average molecular weight is 292 g/mol. The van der Waals surface area contributed by atoms with Crippen molar-refractivity contribution >= 4 is 17.4 Å². The molecular formula is C13H11ClFN5. The number of nitrogens with one attached hydrogen (secondary N) is 1. The summed E-state index contributed by atoms with van der Waals surface area (Å²) in [5.41, 5.74) is 7.88. The highest BCUT2D eigenvalue weighted by Gasteiger charge is 2.21. The molecule has 3 aromatic rings. The van der Waals surface area contributed by atoms with E-state index in [9.17, 15) is 4.39 Å². The minimum atomic E-state index is -0.448. The molecule has 102 valence electrons. The second-order valence-electron chi connectivity index (χ2n) is 4.36. The lowest BCUT2D eigenvalue weighted by molar-refractivity contribution is 0.631. The molecule has 2 aromatic heterocycles. The fourth-order valence-electron chi connectivity index (χ4n) is 2.10. The number of nitrogens with zero attached hydrogens (tertiary/aromatic N) is 3. The maximum Gasteiger partial charge on any atom is 0.153 e. The van der Waals surface area contributed by atoms with Crippen LogP contribution in [0.25, 0.3) is 22.4 Å². The molecule has 0 saturated heterocycles. The molecule has 20 heavy (non-hydrogen) atoms. The molecule has 0 bridgehead atoms. The van der Waals surface area contributed by atoms with E-state index in [0.717, 1.165) is 5.56 Å². The molecule has 0 aliphatic heterocycles. The van der Waals surface area contributed by atoms with Gasteiger partial charge in [-0.3, -0.25) is 9.78 Å². The highest BCUT2D eigenvalue weighted by Crippen LogP contribution is 2.39. The van der Waals surface area contributed by atoms with Crippen LogP contribution in [0.5, 0.6) is 0 Å².